The molecule has 5 nitrogen and oxygen atoms in total. The molecule has 2 unspecified atom stereocenters. The number of hydrogen-bond donors (Lipinski definition) is 2. The maximum atomic E-state index is 12.1. The average molecular weight is 254 g/mol. The quantitative estimate of drug-likeness (QED) is 0.787. The first kappa shape index (κ1) is 13.2. The van der Waals surface area contributed by atoms with Crippen molar-refractivity contribution in [3.05, 3.63) is 0 Å². The first-order chi connectivity index (χ1) is 8.47. The Bertz CT molecular complexity index is 339. The predicted molar refractivity (Wildman–Crippen MR) is 67.2 cm³/mol. The number of rotatable bonds is 2. The number of nitrogens with one attached hydrogen (secondary N) is 1. The molecule has 0 aromatic carbocycles. The molecule has 5 heteroatoms. The van der Waals surface area contributed by atoms with Gasteiger partial charge in [-0.1, -0.05) is 13.8 Å². The molecular formula is C13H22N2O3. The van der Waals surface area contributed by atoms with Gasteiger partial charge in [-0.2, -0.15) is 0 Å². The second-order valence-corrected chi connectivity index (χ2v) is 5.90. The molecule has 0 bridgehead atoms. The van der Waals surface area contributed by atoms with Crippen LogP contribution >= 0.6 is 0 Å². The summed E-state index contributed by atoms with van der Waals surface area (Å²) in [5, 5.41) is 12.1. The molecule has 2 rings (SSSR count). The van der Waals surface area contributed by atoms with Gasteiger partial charge in [0.2, 0.25) is 0 Å². The van der Waals surface area contributed by atoms with Crippen LogP contribution in [0, 0.1) is 11.8 Å². The largest absolute Gasteiger partial charge is 0.480 e. The minimum absolute atomic E-state index is 0.203. The summed E-state index contributed by atoms with van der Waals surface area (Å²) in [6, 6.07) is -0.626. The molecule has 0 radical (unpaired) electrons. The number of carbonyl (C=O) groups is 2. The number of carboxylic acid groups (broad SMARTS) is 1. The van der Waals surface area contributed by atoms with Gasteiger partial charge < -0.3 is 15.3 Å². The zero-order valence-electron chi connectivity index (χ0n) is 11.1. The number of urea groups is 1. The molecule has 1 saturated heterocycles. The third kappa shape index (κ3) is 2.76. The minimum Gasteiger partial charge on any atom is -0.480 e. The fourth-order valence-electron chi connectivity index (χ4n) is 2.90. The second-order valence-electron chi connectivity index (χ2n) is 5.90. The minimum atomic E-state index is -0.890. The molecule has 1 heterocycles. The summed E-state index contributed by atoms with van der Waals surface area (Å²) >= 11 is 0. The summed E-state index contributed by atoms with van der Waals surface area (Å²) in [7, 11) is 0. The highest BCUT2D eigenvalue weighted by atomic mass is 16.4. The Morgan fingerprint density at radius 2 is 1.83 bits per heavy atom. The van der Waals surface area contributed by atoms with E-state index in [1.54, 1.807) is 0 Å². The maximum Gasteiger partial charge on any atom is 0.326 e. The van der Waals surface area contributed by atoms with Gasteiger partial charge in [-0.25, -0.2) is 9.59 Å². The zero-order chi connectivity index (χ0) is 13.3. The van der Waals surface area contributed by atoms with E-state index in [0.717, 1.165) is 19.3 Å². The zero-order valence-corrected chi connectivity index (χ0v) is 11.1. The highest BCUT2D eigenvalue weighted by Crippen LogP contribution is 2.27. The van der Waals surface area contributed by atoms with Gasteiger partial charge in [-0.3, -0.25) is 0 Å². The standard InChI is InChI=1S/C13H22N2O3/c1-8-3-4-15(11(7-8)12(16)17)13(18)14-10-5-9(2)6-10/h8-11H,3-7H2,1-2H3,(H,14,18)(H,16,17). The number of carbonyl (C=O) groups excluding carboxylic acids is 1. The van der Waals surface area contributed by atoms with Crippen LogP contribution < -0.4 is 5.32 Å². The Hall–Kier alpha value is -1.26. The molecule has 0 spiro atoms. The monoisotopic (exact) mass is 254 g/mol. The van der Waals surface area contributed by atoms with Gasteiger partial charge in [0.05, 0.1) is 0 Å². The smallest absolute Gasteiger partial charge is 0.326 e. The lowest BCUT2D eigenvalue weighted by molar-refractivity contribution is -0.143. The molecule has 1 saturated carbocycles. The van der Waals surface area contributed by atoms with Gasteiger partial charge in [-0.15, -0.1) is 0 Å². The lowest BCUT2D eigenvalue weighted by Gasteiger charge is -2.39. The van der Waals surface area contributed by atoms with Gasteiger partial charge in [-0.05, 0) is 37.5 Å². The Labute approximate surface area is 108 Å². The van der Waals surface area contributed by atoms with Crippen molar-refractivity contribution >= 4 is 12.0 Å². The molecule has 0 aromatic rings. The third-order valence-electron chi connectivity index (χ3n) is 4.11. The molecular weight excluding hydrogens is 232 g/mol. The van der Waals surface area contributed by atoms with Crippen LogP contribution in [-0.4, -0.2) is 40.6 Å². The van der Waals surface area contributed by atoms with Crippen molar-refractivity contribution in [3.8, 4) is 0 Å². The number of carboxylic acids is 1. The van der Waals surface area contributed by atoms with Crippen LogP contribution in [0.5, 0.6) is 0 Å². The number of hydrogen-bond acceptors (Lipinski definition) is 2. The number of nitrogens with zero attached hydrogens (tertiary/aromatic N) is 1. The Balaban J connectivity index is 1.92. The Kier molecular flexibility index (Phi) is 3.78. The van der Waals surface area contributed by atoms with Crippen LogP contribution in [0.4, 0.5) is 4.79 Å². The van der Waals surface area contributed by atoms with Crippen LogP contribution in [0.1, 0.15) is 39.5 Å². The van der Waals surface area contributed by atoms with E-state index in [0.29, 0.717) is 24.8 Å². The van der Waals surface area contributed by atoms with E-state index in [2.05, 4.69) is 12.2 Å². The maximum absolute atomic E-state index is 12.1. The van der Waals surface area contributed by atoms with Crippen LogP contribution in [0.2, 0.25) is 0 Å². The van der Waals surface area contributed by atoms with E-state index < -0.39 is 12.0 Å². The SMILES string of the molecule is CC1CC(NC(=O)N2CCC(C)CC2C(=O)O)C1. The topological polar surface area (TPSA) is 69.6 Å². The van der Waals surface area contributed by atoms with Gasteiger partial charge >= 0.3 is 12.0 Å². The summed E-state index contributed by atoms with van der Waals surface area (Å²) in [6.07, 6.45) is 3.46. The van der Waals surface area contributed by atoms with E-state index in [1.807, 2.05) is 6.92 Å². The molecule has 2 atom stereocenters. The molecule has 18 heavy (non-hydrogen) atoms. The third-order valence-corrected chi connectivity index (χ3v) is 4.11. The number of piperidine rings is 1. The van der Waals surface area contributed by atoms with Gasteiger partial charge in [0.15, 0.2) is 0 Å². The fourth-order valence-corrected chi connectivity index (χ4v) is 2.90. The fraction of sp³-hybridized carbons (Fsp3) is 0.846. The Morgan fingerprint density at radius 3 is 2.39 bits per heavy atom. The van der Waals surface area contributed by atoms with Crippen molar-refractivity contribution in [2.75, 3.05) is 6.54 Å². The van der Waals surface area contributed by atoms with Gasteiger partial charge in [0.25, 0.3) is 0 Å². The van der Waals surface area contributed by atoms with Crippen molar-refractivity contribution in [2.45, 2.75) is 51.6 Å². The molecule has 2 aliphatic rings. The lowest BCUT2D eigenvalue weighted by Crippen LogP contribution is -2.56. The van der Waals surface area contributed by atoms with Crippen LogP contribution in [0.25, 0.3) is 0 Å². The van der Waals surface area contributed by atoms with E-state index in [1.165, 1.54) is 4.90 Å². The van der Waals surface area contributed by atoms with Crippen molar-refractivity contribution in [3.63, 3.8) is 0 Å². The summed E-state index contributed by atoms with van der Waals surface area (Å²) in [4.78, 5) is 24.8. The molecule has 102 valence electrons. The van der Waals surface area contributed by atoms with Crippen molar-refractivity contribution in [1.29, 1.82) is 0 Å². The lowest BCUT2D eigenvalue weighted by atomic mass is 9.82. The molecule has 1 aliphatic heterocycles. The normalized spacial score (nSPS) is 35.8. The Morgan fingerprint density at radius 1 is 1.17 bits per heavy atom. The van der Waals surface area contributed by atoms with E-state index >= 15 is 0 Å². The molecule has 1 aliphatic carbocycles. The van der Waals surface area contributed by atoms with Gasteiger partial charge in [0.1, 0.15) is 6.04 Å². The summed E-state index contributed by atoms with van der Waals surface area (Å²) in [5.41, 5.74) is 0. The number of aliphatic carboxylic acids is 1. The van der Waals surface area contributed by atoms with Crippen LogP contribution in [-0.2, 0) is 4.79 Å². The number of amides is 2. The molecule has 2 N–H and O–H groups in total. The molecule has 2 fully saturated rings. The summed E-state index contributed by atoms with van der Waals surface area (Å²) in [6.45, 7) is 4.75. The summed E-state index contributed by atoms with van der Waals surface area (Å²) in [5.74, 6) is 0.157. The van der Waals surface area contributed by atoms with Gasteiger partial charge in [0, 0.05) is 12.6 Å². The summed E-state index contributed by atoms with van der Waals surface area (Å²) < 4.78 is 0. The van der Waals surface area contributed by atoms with Crippen LogP contribution in [0.3, 0.4) is 0 Å². The molecule has 0 aromatic heterocycles. The first-order valence-electron chi connectivity index (χ1n) is 6.77. The average Bonchev–Trinajstić information content (AvgIpc) is 2.26. The van der Waals surface area contributed by atoms with E-state index in [9.17, 15) is 14.7 Å². The van der Waals surface area contributed by atoms with Crippen molar-refractivity contribution in [1.82, 2.24) is 10.2 Å². The molecule has 2 amide bonds. The van der Waals surface area contributed by atoms with Crippen molar-refractivity contribution < 1.29 is 14.7 Å². The van der Waals surface area contributed by atoms with E-state index in [-0.39, 0.29) is 12.1 Å². The first-order valence-corrected chi connectivity index (χ1v) is 6.77. The number of likely N-dealkylation sites (tertiary alicyclic amines) is 1. The highest BCUT2D eigenvalue weighted by molar-refractivity contribution is 5.83. The highest BCUT2D eigenvalue weighted by Gasteiger charge is 2.36. The van der Waals surface area contributed by atoms with Crippen LogP contribution in [0.15, 0.2) is 0 Å². The predicted octanol–water partition coefficient (Wildman–Crippen LogP) is 1.68. The second kappa shape index (κ2) is 5.16. The van der Waals surface area contributed by atoms with Crippen molar-refractivity contribution in [2.24, 2.45) is 11.8 Å². The van der Waals surface area contributed by atoms with E-state index in [4.69, 9.17) is 0 Å².